The van der Waals surface area contributed by atoms with Crippen LogP contribution in [-0.2, 0) is 0 Å². The molecule has 0 atom stereocenters. The second kappa shape index (κ2) is 4.49. The number of para-hydroxylation sites is 1. The number of anilines is 1. The fraction of sp³-hybridized carbons (Fsp3) is 0.0769. The third-order valence-corrected chi connectivity index (χ3v) is 2.79. The molecule has 0 aliphatic rings. The van der Waals surface area contributed by atoms with E-state index in [4.69, 9.17) is 5.73 Å². The lowest BCUT2D eigenvalue weighted by atomic mass is 10.2. The molecule has 0 spiro atoms. The van der Waals surface area contributed by atoms with Crippen molar-refractivity contribution in [3.8, 4) is 17.1 Å². The molecule has 94 valence electrons. The van der Waals surface area contributed by atoms with E-state index in [0.29, 0.717) is 5.82 Å². The van der Waals surface area contributed by atoms with Crippen LogP contribution in [0.5, 0.6) is 0 Å². The molecule has 0 unspecified atom stereocenters. The number of benzene rings is 1. The maximum absolute atomic E-state index is 5.57. The van der Waals surface area contributed by atoms with E-state index in [1.54, 1.807) is 10.9 Å². The fourth-order valence-electron chi connectivity index (χ4n) is 1.89. The third kappa shape index (κ3) is 2.03. The summed E-state index contributed by atoms with van der Waals surface area (Å²) in [5, 5.41) is 4.25. The van der Waals surface area contributed by atoms with Crippen molar-refractivity contribution < 1.29 is 0 Å². The highest BCUT2D eigenvalue weighted by Gasteiger charge is 2.12. The second-order valence-electron chi connectivity index (χ2n) is 4.06. The summed E-state index contributed by atoms with van der Waals surface area (Å²) in [5.74, 6) is 0.954. The van der Waals surface area contributed by atoms with E-state index >= 15 is 0 Å². The van der Waals surface area contributed by atoms with Gasteiger partial charge in [0.1, 0.15) is 6.33 Å². The Hall–Kier alpha value is -2.76. The average molecular weight is 252 g/mol. The highest BCUT2D eigenvalue weighted by molar-refractivity contribution is 5.59. The SMILES string of the molecule is Cc1nc(N)ncc1-c1ncnn1-c1ccccc1. The van der Waals surface area contributed by atoms with Gasteiger partial charge in [-0.05, 0) is 19.1 Å². The Balaban J connectivity index is 2.15. The van der Waals surface area contributed by atoms with Crippen molar-refractivity contribution in [3.05, 3.63) is 48.5 Å². The zero-order valence-electron chi connectivity index (χ0n) is 10.4. The monoisotopic (exact) mass is 252 g/mol. The Morgan fingerprint density at radius 3 is 2.63 bits per heavy atom. The number of aromatic nitrogens is 5. The maximum Gasteiger partial charge on any atom is 0.220 e. The van der Waals surface area contributed by atoms with Gasteiger partial charge in [-0.15, -0.1) is 0 Å². The standard InChI is InChI=1S/C13H12N6/c1-9-11(7-15-13(14)18-9)12-16-8-17-19(12)10-5-3-2-4-6-10/h2-8H,1H3,(H2,14,15,18). The van der Waals surface area contributed by atoms with Gasteiger partial charge in [0.05, 0.1) is 16.9 Å². The minimum absolute atomic E-state index is 0.257. The largest absolute Gasteiger partial charge is 0.368 e. The number of hydrogen-bond acceptors (Lipinski definition) is 5. The highest BCUT2D eigenvalue weighted by Crippen LogP contribution is 2.21. The van der Waals surface area contributed by atoms with Gasteiger partial charge in [-0.2, -0.15) is 5.10 Å². The number of nitrogens with zero attached hydrogens (tertiary/aromatic N) is 5. The van der Waals surface area contributed by atoms with Crippen molar-refractivity contribution in [1.82, 2.24) is 24.7 Å². The Morgan fingerprint density at radius 1 is 1.11 bits per heavy atom. The Bertz CT molecular complexity index is 704. The molecule has 3 rings (SSSR count). The van der Waals surface area contributed by atoms with E-state index in [1.165, 1.54) is 6.33 Å². The van der Waals surface area contributed by atoms with E-state index in [2.05, 4.69) is 20.1 Å². The van der Waals surface area contributed by atoms with E-state index < -0.39 is 0 Å². The van der Waals surface area contributed by atoms with E-state index in [9.17, 15) is 0 Å². The lowest BCUT2D eigenvalue weighted by Crippen LogP contribution is -2.03. The molecule has 0 aliphatic heterocycles. The van der Waals surface area contributed by atoms with Crippen molar-refractivity contribution in [1.29, 1.82) is 0 Å². The quantitative estimate of drug-likeness (QED) is 0.749. The molecular weight excluding hydrogens is 240 g/mol. The number of rotatable bonds is 2. The number of hydrogen-bond donors (Lipinski definition) is 1. The molecule has 0 bridgehead atoms. The molecule has 0 saturated heterocycles. The molecule has 0 aliphatic carbocycles. The normalized spacial score (nSPS) is 10.6. The van der Waals surface area contributed by atoms with Crippen LogP contribution < -0.4 is 5.73 Å². The van der Waals surface area contributed by atoms with Gasteiger partial charge in [0.15, 0.2) is 5.82 Å². The van der Waals surface area contributed by atoms with Gasteiger partial charge < -0.3 is 5.73 Å². The number of nitrogen functional groups attached to an aromatic ring is 1. The van der Waals surface area contributed by atoms with Gasteiger partial charge in [-0.1, -0.05) is 18.2 Å². The Kier molecular flexibility index (Phi) is 2.68. The van der Waals surface area contributed by atoms with Gasteiger partial charge in [-0.25, -0.2) is 19.6 Å². The van der Waals surface area contributed by atoms with Gasteiger partial charge >= 0.3 is 0 Å². The summed E-state index contributed by atoms with van der Waals surface area (Å²) in [4.78, 5) is 12.5. The van der Waals surface area contributed by atoms with Crippen molar-refractivity contribution in [2.75, 3.05) is 5.73 Å². The van der Waals surface area contributed by atoms with Crippen LogP contribution in [0.3, 0.4) is 0 Å². The van der Waals surface area contributed by atoms with Crippen molar-refractivity contribution in [3.63, 3.8) is 0 Å². The molecule has 6 heteroatoms. The summed E-state index contributed by atoms with van der Waals surface area (Å²) in [5.41, 5.74) is 8.09. The molecule has 0 radical (unpaired) electrons. The van der Waals surface area contributed by atoms with Crippen molar-refractivity contribution >= 4 is 5.95 Å². The van der Waals surface area contributed by atoms with Crippen LogP contribution in [0.2, 0.25) is 0 Å². The maximum atomic E-state index is 5.57. The molecule has 19 heavy (non-hydrogen) atoms. The zero-order chi connectivity index (χ0) is 13.2. The van der Waals surface area contributed by atoms with E-state index in [-0.39, 0.29) is 5.95 Å². The fourth-order valence-corrected chi connectivity index (χ4v) is 1.89. The minimum atomic E-state index is 0.257. The predicted octanol–water partition coefficient (Wildman–Crippen LogP) is 1.61. The van der Waals surface area contributed by atoms with Gasteiger partial charge in [0, 0.05) is 6.20 Å². The summed E-state index contributed by atoms with van der Waals surface area (Å²) in [6.45, 7) is 1.87. The van der Waals surface area contributed by atoms with Crippen LogP contribution in [0.4, 0.5) is 5.95 Å². The molecule has 0 saturated carbocycles. The average Bonchev–Trinajstić information content (AvgIpc) is 2.89. The topological polar surface area (TPSA) is 82.5 Å². The van der Waals surface area contributed by atoms with Gasteiger partial charge in [-0.3, -0.25) is 0 Å². The summed E-state index contributed by atoms with van der Waals surface area (Å²) < 4.78 is 1.75. The van der Waals surface area contributed by atoms with Crippen LogP contribution in [0.15, 0.2) is 42.9 Å². The predicted molar refractivity (Wildman–Crippen MR) is 71.5 cm³/mol. The molecule has 2 N–H and O–H groups in total. The highest BCUT2D eigenvalue weighted by atomic mass is 15.3. The van der Waals surface area contributed by atoms with Crippen LogP contribution in [-0.4, -0.2) is 24.7 Å². The summed E-state index contributed by atoms with van der Waals surface area (Å²) in [7, 11) is 0. The summed E-state index contributed by atoms with van der Waals surface area (Å²) in [6, 6.07) is 9.79. The first-order valence-electron chi connectivity index (χ1n) is 5.80. The molecule has 0 fully saturated rings. The third-order valence-electron chi connectivity index (χ3n) is 2.79. The summed E-state index contributed by atoms with van der Waals surface area (Å²) >= 11 is 0. The molecular formula is C13H12N6. The number of aryl methyl sites for hydroxylation is 1. The lowest BCUT2D eigenvalue weighted by molar-refractivity contribution is 0.883. The lowest BCUT2D eigenvalue weighted by Gasteiger charge is -2.07. The first-order valence-corrected chi connectivity index (χ1v) is 5.80. The Labute approximate surface area is 110 Å². The van der Waals surface area contributed by atoms with Crippen LogP contribution >= 0.6 is 0 Å². The first kappa shape index (κ1) is 11.3. The molecule has 6 nitrogen and oxygen atoms in total. The minimum Gasteiger partial charge on any atom is -0.368 e. The molecule has 3 aromatic rings. The van der Waals surface area contributed by atoms with Gasteiger partial charge in [0.25, 0.3) is 0 Å². The van der Waals surface area contributed by atoms with E-state index in [1.807, 2.05) is 37.3 Å². The van der Waals surface area contributed by atoms with Crippen LogP contribution in [0.1, 0.15) is 5.69 Å². The molecule has 2 heterocycles. The van der Waals surface area contributed by atoms with Crippen molar-refractivity contribution in [2.45, 2.75) is 6.92 Å². The Morgan fingerprint density at radius 2 is 1.89 bits per heavy atom. The van der Waals surface area contributed by atoms with Crippen LogP contribution in [0.25, 0.3) is 17.1 Å². The smallest absolute Gasteiger partial charge is 0.220 e. The second-order valence-corrected chi connectivity index (χ2v) is 4.06. The molecule has 1 aromatic carbocycles. The zero-order valence-corrected chi connectivity index (χ0v) is 10.4. The van der Waals surface area contributed by atoms with Crippen LogP contribution in [0, 0.1) is 6.92 Å². The summed E-state index contributed by atoms with van der Waals surface area (Å²) in [6.07, 6.45) is 3.18. The van der Waals surface area contributed by atoms with E-state index in [0.717, 1.165) is 16.9 Å². The van der Waals surface area contributed by atoms with Gasteiger partial charge in [0.2, 0.25) is 5.95 Å². The first-order chi connectivity index (χ1) is 9.25. The van der Waals surface area contributed by atoms with Crippen molar-refractivity contribution in [2.24, 2.45) is 0 Å². The number of nitrogens with two attached hydrogens (primary N) is 1. The molecule has 2 aromatic heterocycles. The molecule has 0 amide bonds.